The maximum Gasteiger partial charge on any atom is 0.236 e. The molecule has 2 aliphatic rings. The molecule has 0 aromatic heterocycles. The van der Waals surface area contributed by atoms with Gasteiger partial charge in [0.25, 0.3) is 0 Å². The summed E-state index contributed by atoms with van der Waals surface area (Å²) in [6, 6.07) is 7.96. The molecular weight excluding hydrogens is 342 g/mol. The highest BCUT2D eigenvalue weighted by atomic mass is 16.5. The van der Waals surface area contributed by atoms with Crippen LogP contribution in [0.15, 0.2) is 24.3 Å². The Kier molecular flexibility index (Phi) is 6.72. The molecule has 1 unspecified atom stereocenters. The Morgan fingerprint density at radius 1 is 1.26 bits per heavy atom. The molecule has 1 aromatic rings. The summed E-state index contributed by atoms with van der Waals surface area (Å²) < 4.78 is 5.70. The van der Waals surface area contributed by atoms with Crippen LogP contribution in [0.2, 0.25) is 0 Å². The number of nitrogens with zero attached hydrogens (tertiary/aromatic N) is 2. The first-order chi connectivity index (χ1) is 13.0. The molecule has 6 heteroatoms. The molecule has 0 saturated carbocycles. The predicted molar refractivity (Wildman–Crippen MR) is 105 cm³/mol. The second-order valence-electron chi connectivity index (χ2n) is 7.93. The number of hydrogen-bond acceptors (Lipinski definition) is 4. The van der Waals surface area contributed by atoms with E-state index in [2.05, 4.69) is 19.2 Å². The Balaban J connectivity index is 1.53. The average Bonchev–Trinajstić information content (AvgIpc) is 2.68. The van der Waals surface area contributed by atoms with E-state index in [9.17, 15) is 9.59 Å². The predicted octanol–water partition coefficient (Wildman–Crippen LogP) is 1.69. The molecule has 0 bridgehead atoms. The first kappa shape index (κ1) is 19.7. The van der Waals surface area contributed by atoms with Gasteiger partial charge >= 0.3 is 0 Å². The minimum atomic E-state index is 0.137. The van der Waals surface area contributed by atoms with Gasteiger partial charge in [-0.15, -0.1) is 0 Å². The number of carbonyl (C=O) groups excluding carboxylic acids is 2. The van der Waals surface area contributed by atoms with Gasteiger partial charge in [-0.25, -0.2) is 0 Å². The van der Waals surface area contributed by atoms with Gasteiger partial charge in [-0.05, 0) is 36.5 Å². The van der Waals surface area contributed by atoms with E-state index in [0.29, 0.717) is 32.0 Å². The van der Waals surface area contributed by atoms with Crippen LogP contribution < -0.4 is 10.1 Å². The van der Waals surface area contributed by atoms with Crippen molar-refractivity contribution in [2.75, 3.05) is 39.3 Å². The molecule has 3 rings (SSSR count). The molecule has 2 fully saturated rings. The van der Waals surface area contributed by atoms with Crippen molar-refractivity contribution >= 4 is 11.8 Å². The third kappa shape index (κ3) is 5.45. The van der Waals surface area contributed by atoms with Crippen LogP contribution in [-0.2, 0) is 16.0 Å². The highest BCUT2D eigenvalue weighted by Crippen LogP contribution is 2.19. The third-order valence-corrected chi connectivity index (χ3v) is 5.18. The number of rotatable bonds is 6. The Morgan fingerprint density at radius 2 is 2.04 bits per heavy atom. The quantitative estimate of drug-likeness (QED) is 0.824. The molecule has 1 N–H and O–H groups in total. The molecular formula is C21H31N3O3. The van der Waals surface area contributed by atoms with E-state index in [1.165, 1.54) is 0 Å². The smallest absolute Gasteiger partial charge is 0.236 e. The normalized spacial score (nSPS) is 20.9. The molecule has 0 aliphatic carbocycles. The minimum absolute atomic E-state index is 0.137. The van der Waals surface area contributed by atoms with Crippen LogP contribution in [-0.4, -0.2) is 67.0 Å². The van der Waals surface area contributed by atoms with Crippen molar-refractivity contribution in [2.24, 2.45) is 5.92 Å². The maximum atomic E-state index is 12.8. The number of benzene rings is 1. The minimum Gasteiger partial charge on any atom is -0.493 e. The Hall–Kier alpha value is -2.08. The van der Waals surface area contributed by atoms with Crippen LogP contribution in [0.5, 0.6) is 5.75 Å². The lowest BCUT2D eigenvalue weighted by atomic mass is 10.0. The average molecular weight is 373 g/mol. The SMILES string of the molecule is CC(C)COc1ccc(CC(=O)N2CCCC(N3CCNCC3=O)C2)cc1. The lowest BCUT2D eigenvalue weighted by molar-refractivity contribution is -0.140. The molecule has 2 aliphatic heterocycles. The molecule has 2 amide bonds. The van der Waals surface area contributed by atoms with Crippen LogP contribution in [0, 0.1) is 5.92 Å². The number of amides is 2. The van der Waals surface area contributed by atoms with E-state index in [1.807, 2.05) is 34.1 Å². The molecule has 2 heterocycles. The summed E-state index contributed by atoms with van der Waals surface area (Å²) in [6.07, 6.45) is 2.33. The molecule has 2 saturated heterocycles. The van der Waals surface area contributed by atoms with Gasteiger partial charge in [-0.3, -0.25) is 9.59 Å². The highest BCUT2D eigenvalue weighted by molar-refractivity contribution is 5.80. The zero-order chi connectivity index (χ0) is 19.2. The van der Waals surface area contributed by atoms with Gasteiger partial charge in [-0.1, -0.05) is 26.0 Å². The Labute approximate surface area is 161 Å². The third-order valence-electron chi connectivity index (χ3n) is 5.18. The summed E-state index contributed by atoms with van der Waals surface area (Å²) in [7, 11) is 0. The molecule has 6 nitrogen and oxygen atoms in total. The molecule has 1 atom stereocenters. The van der Waals surface area contributed by atoms with E-state index >= 15 is 0 Å². The summed E-state index contributed by atoms with van der Waals surface area (Å²) in [5.41, 5.74) is 0.997. The molecule has 0 radical (unpaired) electrons. The second kappa shape index (κ2) is 9.22. The van der Waals surface area contributed by atoms with Crippen molar-refractivity contribution in [3.05, 3.63) is 29.8 Å². The number of piperazine rings is 1. The Bertz CT molecular complexity index is 645. The van der Waals surface area contributed by atoms with Crippen LogP contribution >= 0.6 is 0 Å². The Morgan fingerprint density at radius 3 is 2.74 bits per heavy atom. The zero-order valence-corrected chi connectivity index (χ0v) is 16.4. The fourth-order valence-corrected chi connectivity index (χ4v) is 3.70. The maximum absolute atomic E-state index is 12.8. The standard InChI is InChI=1S/C21H31N3O3/c1-16(2)15-27-19-7-5-17(6-8-19)12-20(25)23-10-3-4-18(14-23)24-11-9-22-13-21(24)26/h5-8,16,18,22H,3-4,9-15H2,1-2H3. The number of piperidine rings is 1. The topological polar surface area (TPSA) is 61.9 Å². The summed E-state index contributed by atoms with van der Waals surface area (Å²) in [4.78, 5) is 28.8. The number of carbonyl (C=O) groups is 2. The van der Waals surface area contributed by atoms with Crippen molar-refractivity contribution in [2.45, 2.75) is 39.2 Å². The number of ether oxygens (including phenoxy) is 1. The van der Waals surface area contributed by atoms with Crippen molar-refractivity contribution in [1.29, 1.82) is 0 Å². The summed E-state index contributed by atoms with van der Waals surface area (Å²) in [6.45, 7) is 8.35. The molecule has 1 aromatic carbocycles. The number of nitrogens with one attached hydrogen (secondary N) is 1. The monoisotopic (exact) mass is 373 g/mol. The second-order valence-corrected chi connectivity index (χ2v) is 7.93. The van der Waals surface area contributed by atoms with Gasteiger partial charge in [-0.2, -0.15) is 0 Å². The lowest BCUT2D eigenvalue weighted by Gasteiger charge is -2.41. The van der Waals surface area contributed by atoms with Gasteiger partial charge in [0.05, 0.1) is 19.6 Å². The summed E-state index contributed by atoms with van der Waals surface area (Å²) >= 11 is 0. The van der Waals surface area contributed by atoms with Crippen molar-refractivity contribution in [3.63, 3.8) is 0 Å². The largest absolute Gasteiger partial charge is 0.493 e. The first-order valence-corrected chi connectivity index (χ1v) is 10.0. The lowest BCUT2D eigenvalue weighted by Crippen LogP contribution is -2.57. The highest BCUT2D eigenvalue weighted by Gasteiger charge is 2.31. The van der Waals surface area contributed by atoms with Crippen molar-refractivity contribution in [3.8, 4) is 5.75 Å². The van der Waals surface area contributed by atoms with Gasteiger partial charge < -0.3 is 19.9 Å². The number of hydrogen-bond donors (Lipinski definition) is 1. The van der Waals surface area contributed by atoms with Gasteiger partial charge in [0.1, 0.15) is 5.75 Å². The van der Waals surface area contributed by atoms with Gasteiger partial charge in [0.15, 0.2) is 0 Å². The van der Waals surface area contributed by atoms with Crippen LogP contribution in [0.4, 0.5) is 0 Å². The summed E-state index contributed by atoms with van der Waals surface area (Å²) in [5, 5.41) is 3.11. The first-order valence-electron chi connectivity index (χ1n) is 10.0. The fraction of sp³-hybridized carbons (Fsp3) is 0.619. The van der Waals surface area contributed by atoms with Crippen LogP contribution in [0.3, 0.4) is 0 Å². The molecule has 0 spiro atoms. The fourth-order valence-electron chi connectivity index (χ4n) is 3.70. The van der Waals surface area contributed by atoms with Crippen molar-refractivity contribution in [1.82, 2.24) is 15.1 Å². The van der Waals surface area contributed by atoms with E-state index in [-0.39, 0.29) is 17.9 Å². The molecule has 148 valence electrons. The van der Waals surface area contributed by atoms with Crippen molar-refractivity contribution < 1.29 is 14.3 Å². The van der Waals surface area contributed by atoms with Gasteiger partial charge in [0, 0.05) is 32.2 Å². The van der Waals surface area contributed by atoms with E-state index < -0.39 is 0 Å². The van der Waals surface area contributed by atoms with E-state index in [0.717, 1.165) is 43.8 Å². The summed E-state index contributed by atoms with van der Waals surface area (Å²) in [5.74, 6) is 1.62. The van der Waals surface area contributed by atoms with Gasteiger partial charge in [0.2, 0.25) is 11.8 Å². The number of likely N-dealkylation sites (tertiary alicyclic amines) is 1. The van der Waals surface area contributed by atoms with Crippen LogP contribution in [0.1, 0.15) is 32.3 Å². The van der Waals surface area contributed by atoms with E-state index in [1.54, 1.807) is 0 Å². The zero-order valence-electron chi connectivity index (χ0n) is 16.4. The molecule has 27 heavy (non-hydrogen) atoms. The van der Waals surface area contributed by atoms with E-state index in [4.69, 9.17) is 4.74 Å². The van der Waals surface area contributed by atoms with Crippen LogP contribution in [0.25, 0.3) is 0 Å².